The van der Waals surface area contributed by atoms with E-state index in [1.54, 1.807) is 24.7 Å². The first-order valence-corrected chi connectivity index (χ1v) is 5.95. The molecule has 0 bridgehead atoms. The molecular formula is C15H12N2O2. The number of amides is 1. The van der Waals surface area contributed by atoms with Crippen molar-refractivity contribution < 1.29 is 9.21 Å². The fourth-order valence-electron chi connectivity index (χ4n) is 1.95. The van der Waals surface area contributed by atoms with Gasteiger partial charge >= 0.3 is 0 Å². The molecule has 1 aromatic heterocycles. The third-order valence-electron chi connectivity index (χ3n) is 2.92. The average molecular weight is 252 g/mol. The zero-order valence-electron chi connectivity index (χ0n) is 10.4. The number of carbonyl (C=O) groups is 1. The van der Waals surface area contributed by atoms with Gasteiger partial charge in [-0.3, -0.25) is 4.79 Å². The number of furan rings is 1. The Morgan fingerprint density at radius 1 is 1.21 bits per heavy atom. The lowest BCUT2D eigenvalue weighted by Gasteiger charge is -2.10. The molecule has 2 heterocycles. The summed E-state index contributed by atoms with van der Waals surface area (Å²) < 4.78 is 5.00. The van der Waals surface area contributed by atoms with Gasteiger partial charge in [0.2, 0.25) is 0 Å². The van der Waals surface area contributed by atoms with Crippen LogP contribution in [0.3, 0.4) is 0 Å². The number of benzene rings is 1. The van der Waals surface area contributed by atoms with E-state index in [0.29, 0.717) is 11.3 Å². The van der Waals surface area contributed by atoms with Crippen LogP contribution >= 0.6 is 0 Å². The Morgan fingerprint density at radius 3 is 2.68 bits per heavy atom. The van der Waals surface area contributed by atoms with E-state index in [0.717, 1.165) is 11.3 Å². The third kappa shape index (κ3) is 2.08. The van der Waals surface area contributed by atoms with Crippen LogP contribution in [-0.2, 0) is 4.79 Å². The summed E-state index contributed by atoms with van der Waals surface area (Å²) >= 11 is 0. The van der Waals surface area contributed by atoms with Crippen molar-refractivity contribution in [1.29, 1.82) is 0 Å². The minimum atomic E-state index is -0.120. The van der Waals surface area contributed by atoms with Gasteiger partial charge in [0.1, 0.15) is 0 Å². The van der Waals surface area contributed by atoms with Crippen molar-refractivity contribution in [2.24, 2.45) is 5.10 Å². The zero-order valence-corrected chi connectivity index (χ0v) is 10.4. The van der Waals surface area contributed by atoms with Crippen LogP contribution in [0, 0.1) is 0 Å². The molecule has 0 radical (unpaired) electrons. The van der Waals surface area contributed by atoms with Gasteiger partial charge in [0.25, 0.3) is 5.91 Å². The molecule has 1 aromatic carbocycles. The maximum atomic E-state index is 12.4. The van der Waals surface area contributed by atoms with Crippen molar-refractivity contribution in [1.82, 2.24) is 0 Å². The van der Waals surface area contributed by atoms with Crippen LogP contribution in [0.5, 0.6) is 0 Å². The monoisotopic (exact) mass is 252 g/mol. The summed E-state index contributed by atoms with van der Waals surface area (Å²) in [4.78, 5) is 12.4. The number of carbonyl (C=O) groups excluding carboxylic acids is 1. The van der Waals surface area contributed by atoms with E-state index in [4.69, 9.17) is 4.42 Å². The van der Waals surface area contributed by atoms with Gasteiger partial charge in [0.05, 0.1) is 29.5 Å². The fourth-order valence-corrected chi connectivity index (χ4v) is 1.95. The first-order valence-electron chi connectivity index (χ1n) is 5.95. The summed E-state index contributed by atoms with van der Waals surface area (Å²) in [7, 11) is 0. The summed E-state index contributed by atoms with van der Waals surface area (Å²) in [6.07, 6.45) is 4.96. The summed E-state index contributed by atoms with van der Waals surface area (Å²) in [6.45, 7) is 1.83. The fraction of sp³-hybridized carbons (Fsp3) is 0.0667. The highest BCUT2D eigenvalue weighted by atomic mass is 16.3. The quantitative estimate of drug-likeness (QED) is 0.771. The topological polar surface area (TPSA) is 45.8 Å². The first kappa shape index (κ1) is 11.5. The molecule has 0 spiro atoms. The smallest absolute Gasteiger partial charge is 0.280 e. The molecule has 4 nitrogen and oxygen atoms in total. The summed E-state index contributed by atoms with van der Waals surface area (Å²) in [5.74, 6) is -0.120. The highest BCUT2D eigenvalue weighted by Crippen LogP contribution is 2.24. The molecule has 0 atom stereocenters. The Balaban J connectivity index is 1.96. The Labute approximate surface area is 110 Å². The van der Waals surface area contributed by atoms with Crippen LogP contribution in [0.1, 0.15) is 12.5 Å². The summed E-state index contributed by atoms with van der Waals surface area (Å²) in [6, 6.07) is 11.2. The number of anilines is 1. The molecule has 1 amide bonds. The molecule has 1 aliphatic rings. The molecule has 0 saturated heterocycles. The van der Waals surface area contributed by atoms with E-state index in [-0.39, 0.29) is 5.91 Å². The van der Waals surface area contributed by atoms with Gasteiger partial charge in [-0.25, -0.2) is 0 Å². The summed E-state index contributed by atoms with van der Waals surface area (Å²) in [5.41, 5.74) is 2.91. The molecule has 19 heavy (non-hydrogen) atoms. The largest absolute Gasteiger partial charge is 0.472 e. The molecular weight excluding hydrogens is 240 g/mol. The lowest BCUT2D eigenvalue weighted by Crippen LogP contribution is -2.21. The maximum Gasteiger partial charge on any atom is 0.280 e. The number of nitrogens with zero attached hydrogens (tertiary/aromatic N) is 2. The predicted molar refractivity (Wildman–Crippen MR) is 73.7 cm³/mol. The standard InChI is InChI=1S/C15H12N2O2/c1-11-14(9-12-7-8-19-10-12)15(18)17(16-11)13-5-3-2-4-6-13/h2-10H,1H3/b14-9-. The van der Waals surface area contributed by atoms with Crippen molar-refractivity contribution >= 4 is 23.4 Å². The number of hydrazone groups is 1. The predicted octanol–water partition coefficient (Wildman–Crippen LogP) is 3.09. The summed E-state index contributed by atoms with van der Waals surface area (Å²) in [5, 5.41) is 5.72. The van der Waals surface area contributed by atoms with E-state index in [2.05, 4.69) is 5.10 Å². The molecule has 0 aliphatic carbocycles. The van der Waals surface area contributed by atoms with Gasteiger partial charge < -0.3 is 4.42 Å². The van der Waals surface area contributed by atoms with E-state index < -0.39 is 0 Å². The van der Waals surface area contributed by atoms with Crippen molar-refractivity contribution in [3.8, 4) is 0 Å². The van der Waals surface area contributed by atoms with Gasteiger partial charge in [0, 0.05) is 5.56 Å². The van der Waals surface area contributed by atoms with Crippen LogP contribution in [0.2, 0.25) is 0 Å². The van der Waals surface area contributed by atoms with Gasteiger partial charge in [-0.2, -0.15) is 10.1 Å². The second-order valence-corrected chi connectivity index (χ2v) is 4.25. The van der Waals surface area contributed by atoms with Crippen molar-refractivity contribution in [3.63, 3.8) is 0 Å². The molecule has 0 fully saturated rings. The van der Waals surface area contributed by atoms with Crippen molar-refractivity contribution in [3.05, 3.63) is 60.1 Å². The second-order valence-electron chi connectivity index (χ2n) is 4.25. The minimum Gasteiger partial charge on any atom is -0.472 e. The Kier molecular flexibility index (Phi) is 2.76. The molecule has 94 valence electrons. The highest BCUT2D eigenvalue weighted by molar-refractivity contribution is 6.32. The molecule has 0 saturated carbocycles. The Bertz CT molecular complexity index is 655. The van der Waals surface area contributed by atoms with E-state index >= 15 is 0 Å². The normalized spacial score (nSPS) is 17.1. The van der Waals surface area contributed by atoms with Gasteiger partial charge in [-0.05, 0) is 31.2 Å². The van der Waals surface area contributed by atoms with Crippen LogP contribution < -0.4 is 5.01 Å². The van der Waals surface area contributed by atoms with Gasteiger partial charge in [-0.15, -0.1) is 0 Å². The molecule has 0 unspecified atom stereocenters. The van der Waals surface area contributed by atoms with E-state index in [1.807, 2.05) is 37.3 Å². The second kappa shape index (κ2) is 4.57. The van der Waals surface area contributed by atoms with E-state index in [9.17, 15) is 4.79 Å². The first-order chi connectivity index (χ1) is 9.25. The Morgan fingerprint density at radius 2 is 2.00 bits per heavy atom. The minimum absolute atomic E-state index is 0.120. The van der Waals surface area contributed by atoms with Crippen LogP contribution in [0.25, 0.3) is 6.08 Å². The van der Waals surface area contributed by atoms with Crippen LogP contribution in [0.15, 0.2) is 64.0 Å². The number of hydrogen-bond donors (Lipinski definition) is 0. The van der Waals surface area contributed by atoms with Gasteiger partial charge in [0.15, 0.2) is 0 Å². The van der Waals surface area contributed by atoms with Crippen LogP contribution in [-0.4, -0.2) is 11.6 Å². The lowest BCUT2D eigenvalue weighted by molar-refractivity contribution is -0.114. The number of hydrogen-bond acceptors (Lipinski definition) is 3. The molecule has 3 rings (SSSR count). The maximum absolute atomic E-state index is 12.4. The SMILES string of the molecule is CC1=NN(c2ccccc2)C(=O)/C1=C\c1ccoc1. The van der Waals surface area contributed by atoms with Crippen molar-refractivity contribution in [2.75, 3.05) is 5.01 Å². The third-order valence-corrected chi connectivity index (χ3v) is 2.92. The lowest BCUT2D eigenvalue weighted by atomic mass is 10.1. The molecule has 1 aliphatic heterocycles. The van der Waals surface area contributed by atoms with E-state index in [1.165, 1.54) is 5.01 Å². The van der Waals surface area contributed by atoms with Gasteiger partial charge in [-0.1, -0.05) is 18.2 Å². The number of para-hydroxylation sites is 1. The average Bonchev–Trinajstić information content (AvgIpc) is 3.03. The van der Waals surface area contributed by atoms with Crippen LogP contribution in [0.4, 0.5) is 5.69 Å². The zero-order chi connectivity index (χ0) is 13.2. The van der Waals surface area contributed by atoms with Crippen molar-refractivity contribution in [2.45, 2.75) is 6.92 Å². The number of rotatable bonds is 2. The Hall–Kier alpha value is -2.62. The highest BCUT2D eigenvalue weighted by Gasteiger charge is 2.28. The molecule has 0 N–H and O–H groups in total. The molecule has 4 heteroatoms. The molecule has 2 aromatic rings.